The van der Waals surface area contributed by atoms with E-state index in [2.05, 4.69) is 14.9 Å². The van der Waals surface area contributed by atoms with Gasteiger partial charge in [0.1, 0.15) is 11.3 Å². The topological polar surface area (TPSA) is 78.9 Å². The third-order valence-electron chi connectivity index (χ3n) is 2.53. The molecule has 1 aromatic heterocycles. The predicted molar refractivity (Wildman–Crippen MR) is 63.9 cm³/mol. The Labute approximate surface area is 99.1 Å². The molecule has 0 aliphatic heterocycles. The molecule has 2 rings (SSSR count). The van der Waals surface area contributed by atoms with Crippen LogP contribution in [0.3, 0.4) is 0 Å². The zero-order chi connectivity index (χ0) is 11.5. The molecule has 0 atom stereocenters. The molecule has 1 aliphatic rings. The first kappa shape index (κ1) is 11.1. The molecule has 16 heavy (non-hydrogen) atoms. The van der Waals surface area contributed by atoms with Crippen LogP contribution < -0.4 is 10.6 Å². The van der Waals surface area contributed by atoms with Gasteiger partial charge in [-0.05, 0) is 12.8 Å². The van der Waals surface area contributed by atoms with E-state index < -0.39 is 0 Å². The first-order valence-corrected chi connectivity index (χ1v) is 5.61. The minimum absolute atomic E-state index is 0.191. The summed E-state index contributed by atoms with van der Waals surface area (Å²) in [6, 6.07) is 0.492. The van der Waals surface area contributed by atoms with Crippen LogP contribution in [0.25, 0.3) is 0 Å². The Hall–Kier alpha value is -1.36. The van der Waals surface area contributed by atoms with Gasteiger partial charge in [-0.15, -0.1) is 0 Å². The van der Waals surface area contributed by atoms with Gasteiger partial charge in [0.2, 0.25) is 0 Å². The smallest absolute Gasteiger partial charge is 0.151 e. The van der Waals surface area contributed by atoms with Gasteiger partial charge in [-0.2, -0.15) is 0 Å². The molecule has 86 valence electrons. The van der Waals surface area contributed by atoms with Gasteiger partial charge in [0.05, 0.1) is 12.0 Å². The number of rotatable bonds is 5. The molecule has 1 aromatic rings. The lowest BCUT2D eigenvalue weighted by Crippen LogP contribution is -2.30. The number of anilines is 1. The standard InChI is InChI=1S/C10H14ClN5/c11-8-5-14-6-15-10(8)16(7-1-2-7)4-3-9(12)13/h5-7H,1-4H2,(H3,12,13). The summed E-state index contributed by atoms with van der Waals surface area (Å²) >= 11 is 6.05. The van der Waals surface area contributed by atoms with Crippen molar-refractivity contribution in [2.24, 2.45) is 5.73 Å². The second-order valence-corrected chi connectivity index (χ2v) is 4.30. The van der Waals surface area contributed by atoms with Gasteiger partial charge in [0.25, 0.3) is 0 Å². The monoisotopic (exact) mass is 239 g/mol. The largest absolute Gasteiger partial charge is 0.388 e. The third-order valence-corrected chi connectivity index (χ3v) is 2.80. The van der Waals surface area contributed by atoms with E-state index in [9.17, 15) is 0 Å². The summed E-state index contributed by atoms with van der Waals surface area (Å²) < 4.78 is 0. The minimum atomic E-state index is 0.191. The fourth-order valence-corrected chi connectivity index (χ4v) is 1.82. The zero-order valence-corrected chi connectivity index (χ0v) is 9.61. The molecule has 0 bridgehead atoms. The fraction of sp³-hybridized carbons (Fsp3) is 0.500. The molecule has 0 aromatic carbocycles. The average Bonchev–Trinajstić information content (AvgIpc) is 3.04. The van der Waals surface area contributed by atoms with E-state index in [1.165, 1.54) is 6.33 Å². The van der Waals surface area contributed by atoms with Crippen LogP contribution in [0.1, 0.15) is 19.3 Å². The quantitative estimate of drug-likeness (QED) is 0.602. The molecule has 1 saturated carbocycles. The third kappa shape index (κ3) is 2.61. The first-order valence-electron chi connectivity index (χ1n) is 5.23. The highest BCUT2D eigenvalue weighted by atomic mass is 35.5. The van der Waals surface area contributed by atoms with E-state index >= 15 is 0 Å². The lowest BCUT2D eigenvalue weighted by Gasteiger charge is -2.23. The van der Waals surface area contributed by atoms with Gasteiger partial charge < -0.3 is 10.6 Å². The van der Waals surface area contributed by atoms with E-state index in [-0.39, 0.29) is 5.84 Å². The van der Waals surface area contributed by atoms with Gasteiger partial charge in [-0.1, -0.05) is 11.6 Å². The number of hydrogen-bond donors (Lipinski definition) is 2. The van der Waals surface area contributed by atoms with Crippen LogP contribution in [-0.2, 0) is 0 Å². The van der Waals surface area contributed by atoms with E-state index in [0.717, 1.165) is 18.7 Å². The molecular formula is C10H14ClN5. The molecule has 0 amide bonds. The molecule has 0 spiro atoms. The van der Waals surface area contributed by atoms with E-state index in [4.69, 9.17) is 22.7 Å². The van der Waals surface area contributed by atoms with Crippen LogP contribution in [0, 0.1) is 5.41 Å². The number of nitrogens with two attached hydrogens (primary N) is 1. The molecular weight excluding hydrogens is 226 g/mol. The predicted octanol–water partition coefficient (Wildman–Crippen LogP) is 1.42. The van der Waals surface area contributed by atoms with Crippen LogP contribution in [0.2, 0.25) is 5.02 Å². The Kier molecular flexibility index (Phi) is 3.24. The highest BCUT2D eigenvalue weighted by molar-refractivity contribution is 6.32. The lowest BCUT2D eigenvalue weighted by molar-refractivity contribution is 0.779. The molecule has 3 N–H and O–H groups in total. The van der Waals surface area contributed by atoms with Crippen molar-refractivity contribution in [2.45, 2.75) is 25.3 Å². The van der Waals surface area contributed by atoms with Crippen LogP contribution in [0.5, 0.6) is 0 Å². The summed E-state index contributed by atoms with van der Waals surface area (Å²) in [6.45, 7) is 0.691. The molecule has 1 heterocycles. The summed E-state index contributed by atoms with van der Waals surface area (Å²) in [5.41, 5.74) is 5.37. The highest BCUT2D eigenvalue weighted by Gasteiger charge is 2.30. The number of nitrogens with zero attached hydrogens (tertiary/aromatic N) is 3. The number of aromatic nitrogens is 2. The van der Waals surface area contributed by atoms with Gasteiger partial charge in [0.15, 0.2) is 5.82 Å². The molecule has 0 unspecified atom stereocenters. The summed E-state index contributed by atoms with van der Waals surface area (Å²) in [5.74, 6) is 0.941. The van der Waals surface area contributed by atoms with Gasteiger partial charge in [-0.3, -0.25) is 5.41 Å². The van der Waals surface area contributed by atoms with E-state index in [1.54, 1.807) is 6.20 Å². The van der Waals surface area contributed by atoms with Crippen molar-refractivity contribution in [3.05, 3.63) is 17.5 Å². The minimum Gasteiger partial charge on any atom is -0.388 e. The second kappa shape index (κ2) is 4.65. The van der Waals surface area contributed by atoms with Crippen LogP contribution in [0.4, 0.5) is 5.82 Å². The van der Waals surface area contributed by atoms with Crippen molar-refractivity contribution in [3.63, 3.8) is 0 Å². The molecule has 5 nitrogen and oxygen atoms in total. The van der Waals surface area contributed by atoms with Crippen molar-refractivity contribution in [2.75, 3.05) is 11.4 Å². The Morgan fingerprint density at radius 3 is 2.94 bits per heavy atom. The Bertz CT molecular complexity index is 391. The van der Waals surface area contributed by atoms with Gasteiger partial charge in [-0.25, -0.2) is 9.97 Å². The maximum absolute atomic E-state index is 7.25. The molecule has 0 radical (unpaired) electrons. The average molecular weight is 240 g/mol. The zero-order valence-electron chi connectivity index (χ0n) is 8.86. The lowest BCUT2D eigenvalue weighted by atomic mass is 10.3. The van der Waals surface area contributed by atoms with E-state index in [1.807, 2.05) is 0 Å². The Morgan fingerprint density at radius 1 is 1.62 bits per heavy atom. The molecule has 0 saturated heterocycles. The fourth-order valence-electron chi connectivity index (χ4n) is 1.61. The highest BCUT2D eigenvalue weighted by Crippen LogP contribution is 2.33. The van der Waals surface area contributed by atoms with Gasteiger partial charge >= 0.3 is 0 Å². The normalized spacial score (nSPS) is 14.8. The van der Waals surface area contributed by atoms with Crippen LogP contribution in [0.15, 0.2) is 12.5 Å². The molecule has 6 heteroatoms. The van der Waals surface area contributed by atoms with Crippen molar-refractivity contribution in [3.8, 4) is 0 Å². The number of hydrogen-bond acceptors (Lipinski definition) is 4. The van der Waals surface area contributed by atoms with Crippen LogP contribution in [-0.4, -0.2) is 28.4 Å². The molecule has 1 aliphatic carbocycles. The number of halogens is 1. The van der Waals surface area contributed by atoms with Crippen molar-refractivity contribution < 1.29 is 0 Å². The van der Waals surface area contributed by atoms with Gasteiger partial charge in [0, 0.05) is 19.0 Å². The summed E-state index contributed by atoms with van der Waals surface area (Å²) in [5, 5.41) is 7.80. The SMILES string of the molecule is N=C(N)CCN(c1ncncc1Cl)C1CC1. The Balaban J connectivity index is 2.12. The first-order chi connectivity index (χ1) is 7.68. The Morgan fingerprint density at radius 2 is 2.38 bits per heavy atom. The van der Waals surface area contributed by atoms with Crippen molar-refractivity contribution in [1.29, 1.82) is 5.41 Å². The summed E-state index contributed by atoms with van der Waals surface area (Å²) in [6.07, 6.45) is 5.92. The molecule has 1 fully saturated rings. The summed E-state index contributed by atoms with van der Waals surface area (Å²) in [7, 11) is 0. The number of amidine groups is 1. The van der Waals surface area contributed by atoms with Crippen molar-refractivity contribution >= 4 is 23.3 Å². The second-order valence-electron chi connectivity index (χ2n) is 3.89. The van der Waals surface area contributed by atoms with Crippen molar-refractivity contribution in [1.82, 2.24) is 9.97 Å². The summed E-state index contributed by atoms with van der Waals surface area (Å²) in [4.78, 5) is 10.2. The number of nitrogens with one attached hydrogen (secondary N) is 1. The van der Waals surface area contributed by atoms with E-state index in [0.29, 0.717) is 24.0 Å². The van der Waals surface area contributed by atoms with Crippen LogP contribution >= 0.6 is 11.6 Å². The maximum Gasteiger partial charge on any atom is 0.151 e. The maximum atomic E-state index is 7.25.